The Hall–Kier alpha value is -3.35. The molecule has 2 aromatic rings. The molecule has 2 amide bonds. The fourth-order valence-corrected chi connectivity index (χ4v) is 4.36. The van der Waals surface area contributed by atoms with Crippen molar-refractivity contribution < 1.29 is 24.2 Å². The molecule has 0 saturated carbocycles. The zero-order valence-electron chi connectivity index (χ0n) is 20.6. The maximum absolute atomic E-state index is 13.1. The molecule has 0 saturated heterocycles. The zero-order valence-corrected chi connectivity index (χ0v) is 20.6. The molecule has 1 aliphatic carbocycles. The summed E-state index contributed by atoms with van der Waals surface area (Å²) < 4.78 is 5.66. The smallest absolute Gasteiger partial charge is 0.407 e. The van der Waals surface area contributed by atoms with Gasteiger partial charge in [0.15, 0.2) is 0 Å². The van der Waals surface area contributed by atoms with Gasteiger partial charge in [0.2, 0.25) is 5.91 Å². The van der Waals surface area contributed by atoms with Gasteiger partial charge >= 0.3 is 12.1 Å². The van der Waals surface area contributed by atoms with Gasteiger partial charge in [-0.15, -0.1) is 0 Å². The van der Waals surface area contributed by atoms with Crippen LogP contribution in [0.1, 0.15) is 57.6 Å². The first-order valence-electron chi connectivity index (χ1n) is 11.6. The average Bonchev–Trinajstić information content (AvgIpc) is 3.10. The molecule has 0 unspecified atom stereocenters. The van der Waals surface area contributed by atoms with Crippen molar-refractivity contribution in [1.29, 1.82) is 0 Å². The summed E-state index contributed by atoms with van der Waals surface area (Å²) in [5.41, 5.74) is 2.73. The molecule has 2 N–H and O–H groups in total. The Balaban J connectivity index is 1.64. The number of benzene rings is 2. The highest BCUT2D eigenvalue weighted by molar-refractivity contribution is 5.84. The number of ether oxygens (including phenoxy) is 1. The van der Waals surface area contributed by atoms with Crippen LogP contribution in [-0.4, -0.2) is 53.7 Å². The number of carboxylic acid groups (broad SMARTS) is 1. The van der Waals surface area contributed by atoms with Crippen LogP contribution >= 0.6 is 0 Å². The summed E-state index contributed by atoms with van der Waals surface area (Å²) in [4.78, 5) is 38.2. The van der Waals surface area contributed by atoms with Crippen molar-refractivity contribution in [2.45, 2.75) is 52.0 Å². The van der Waals surface area contributed by atoms with Gasteiger partial charge in [-0.3, -0.25) is 9.59 Å². The van der Waals surface area contributed by atoms with E-state index in [1.165, 1.54) is 4.90 Å². The van der Waals surface area contributed by atoms with Gasteiger partial charge in [-0.25, -0.2) is 4.79 Å². The van der Waals surface area contributed by atoms with Gasteiger partial charge in [0.1, 0.15) is 6.61 Å². The largest absolute Gasteiger partial charge is 0.481 e. The van der Waals surface area contributed by atoms with E-state index in [-0.39, 0.29) is 24.9 Å². The van der Waals surface area contributed by atoms with E-state index in [1.807, 2.05) is 24.3 Å². The van der Waals surface area contributed by atoms with E-state index in [1.54, 1.807) is 34.7 Å². The molecule has 0 radical (unpaired) electrons. The molecule has 0 fully saturated rings. The highest BCUT2D eigenvalue weighted by Gasteiger charge is 2.46. The van der Waals surface area contributed by atoms with Crippen molar-refractivity contribution in [3.05, 3.63) is 59.7 Å². The first-order valence-corrected chi connectivity index (χ1v) is 11.6. The van der Waals surface area contributed by atoms with Gasteiger partial charge in [0.05, 0.1) is 11.0 Å². The van der Waals surface area contributed by atoms with E-state index >= 15 is 0 Å². The van der Waals surface area contributed by atoms with E-state index in [2.05, 4.69) is 29.6 Å². The summed E-state index contributed by atoms with van der Waals surface area (Å²) >= 11 is 0. The number of hydrogen-bond donors (Lipinski definition) is 2. The van der Waals surface area contributed by atoms with E-state index in [0.717, 1.165) is 22.3 Å². The molecule has 0 spiro atoms. The normalized spacial score (nSPS) is 13.1. The Morgan fingerprint density at radius 1 is 0.971 bits per heavy atom. The molecule has 3 rings (SSSR count). The Kier molecular flexibility index (Phi) is 7.34. The maximum atomic E-state index is 13.1. The standard InChI is InChI=1S/C27H34N2O5/c1-26(2,24(32)29(5)16-10-15-23(30)31)27(3,4)28-25(33)34-17-22-20-13-8-6-11-18(20)19-12-7-9-14-21(19)22/h6-9,11-14,22H,10,15-17H2,1-5H3,(H,28,33)(H,30,31). The minimum absolute atomic E-state index is 0.000554. The molecule has 0 atom stereocenters. The highest BCUT2D eigenvalue weighted by atomic mass is 16.5. The van der Waals surface area contributed by atoms with Crippen LogP contribution in [-0.2, 0) is 14.3 Å². The van der Waals surface area contributed by atoms with Gasteiger partial charge < -0.3 is 20.1 Å². The SMILES string of the molecule is CN(CCCC(=O)O)C(=O)C(C)(C)C(C)(C)NC(=O)OCC1c2ccccc2-c2ccccc21. The number of amides is 2. The summed E-state index contributed by atoms with van der Waals surface area (Å²) in [6.45, 7) is 7.64. The molecule has 0 aliphatic heterocycles. The van der Waals surface area contributed by atoms with Gasteiger partial charge in [0.25, 0.3) is 0 Å². The summed E-state index contributed by atoms with van der Waals surface area (Å²) in [5.74, 6) is -1.12. The minimum atomic E-state index is -0.948. The predicted molar refractivity (Wildman–Crippen MR) is 131 cm³/mol. The Bertz CT molecular complexity index is 1030. The molecule has 182 valence electrons. The third kappa shape index (κ3) is 5.08. The number of nitrogens with zero attached hydrogens (tertiary/aromatic N) is 1. The number of carbonyl (C=O) groups is 3. The lowest BCUT2D eigenvalue weighted by Gasteiger charge is -2.42. The lowest BCUT2D eigenvalue weighted by molar-refractivity contribution is -0.144. The Morgan fingerprint density at radius 3 is 2.03 bits per heavy atom. The van der Waals surface area contributed by atoms with Crippen LogP contribution in [0, 0.1) is 5.41 Å². The monoisotopic (exact) mass is 466 g/mol. The number of carbonyl (C=O) groups excluding carboxylic acids is 2. The van der Waals surface area contributed by atoms with Gasteiger partial charge in [-0.05, 0) is 56.4 Å². The maximum Gasteiger partial charge on any atom is 0.407 e. The zero-order chi connectivity index (χ0) is 25.1. The molecule has 0 aromatic heterocycles. The first kappa shape index (κ1) is 25.3. The number of carboxylic acids is 1. The van der Waals surface area contributed by atoms with Crippen molar-refractivity contribution in [3.63, 3.8) is 0 Å². The number of hydrogen-bond acceptors (Lipinski definition) is 4. The lowest BCUT2D eigenvalue weighted by atomic mass is 9.73. The molecular weight excluding hydrogens is 432 g/mol. The number of aliphatic carboxylic acids is 1. The van der Waals surface area contributed by atoms with E-state index in [4.69, 9.17) is 9.84 Å². The van der Waals surface area contributed by atoms with Crippen LogP contribution < -0.4 is 5.32 Å². The minimum Gasteiger partial charge on any atom is -0.481 e. The molecular formula is C27H34N2O5. The van der Waals surface area contributed by atoms with Gasteiger partial charge in [0, 0.05) is 25.9 Å². The van der Waals surface area contributed by atoms with Crippen LogP contribution in [0.3, 0.4) is 0 Å². The van der Waals surface area contributed by atoms with Crippen LogP contribution in [0.2, 0.25) is 0 Å². The second-order valence-electron chi connectivity index (χ2n) is 9.92. The first-order chi connectivity index (χ1) is 16.0. The molecule has 34 heavy (non-hydrogen) atoms. The third-order valence-corrected chi connectivity index (χ3v) is 7.09. The number of nitrogens with one attached hydrogen (secondary N) is 1. The Morgan fingerprint density at radius 2 is 1.50 bits per heavy atom. The van der Waals surface area contributed by atoms with Gasteiger partial charge in [-0.2, -0.15) is 0 Å². The van der Waals surface area contributed by atoms with E-state index in [0.29, 0.717) is 13.0 Å². The number of fused-ring (bicyclic) bond motifs is 3. The van der Waals surface area contributed by atoms with Gasteiger partial charge in [-0.1, -0.05) is 48.5 Å². The molecule has 7 heteroatoms. The summed E-state index contributed by atoms with van der Waals surface area (Å²) in [7, 11) is 1.65. The number of alkyl carbamates (subject to hydrolysis) is 1. The number of rotatable bonds is 9. The van der Waals surface area contributed by atoms with Crippen molar-refractivity contribution in [3.8, 4) is 11.1 Å². The quantitative estimate of drug-likeness (QED) is 0.561. The second-order valence-corrected chi connectivity index (χ2v) is 9.92. The Labute approximate surface area is 201 Å². The summed E-state index contributed by atoms with van der Waals surface area (Å²) in [6, 6.07) is 16.3. The molecule has 7 nitrogen and oxygen atoms in total. The molecule has 0 bridgehead atoms. The van der Waals surface area contributed by atoms with Crippen LogP contribution in [0.15, 0.2) is 48.5 Å². The van der Waals surface area contributed by atoms with Crippen LogP contribution in [0.25, 0.3) is 11.1 Å². The molecule has 1 aliphatic rings. The van der Waals surface area contributed by atoms with Crippen molar-refractivity contribution >= 4 is 18.0 Å². The van der Waals surface area contributed by atoms with Crippen LogP contribution in [0.4, 0.5) is 4.79 Å². The van der Waals surface area contributed by atoms with Crippen LogP contribution in [0.5, 0.6) is 0 Å². The summed E-state index contributed by atoms with van der Waals surface area (Å²) in [6.07, 6.45) is -0.214. The lowest BCUT2D eigenvalue weighted by Crippen LogP contribution is -2.59. The second kappa shape index (κ2) is 9.87. The fraction of sp³-hybridized carbons (Fsp3) is 0.444. The van der Waals surface area contributed by atoms with E-state index in [9.17, 15) is 14.4 Å². The predicted octanol–water partition coefficient (Wildman–Crippen LogP) is 4.65. The van der Waals surface area contributed by atoms with Crippen molar-refractivity contribution in [1.82, 2.24) is 10.2 Å². The van der Waals surface area contributed by atoms with Crippen molar-refractivity contribution in [2.24, 2.45) is 5.41 Å². The molecule has 0 heterocycles. The fourth-order valence-electron chi connectivity index (χ4n) is 4.36. The molecule has 2 aromatic carbocycles. The highest BCUT2D eigenvalue weighted by Crippen LogP contribution is 2.44. The topological polar surface area (TPSA) is 95.9 Å². The summed E-state index contributed by atoms with van der Waals surface area (Å²) in [5, 5.41) is 11.7. The average molecular weight is 467 g/mol. The third-order valence-electron chi connectivity index (χ3n) is 7.09. The van der Waals surface area contributed by atoms with Crippen molar-refractivity contribution in [2.75, 3.05) is 20.2 Å². The van der Waals surface area contributed by atoms with E-state index < -0.39 is 23.0 Å².